The Morgan fingerprint density at radius 1 is 1.00 bits per heavy atom. The van der Waals surface area contributed by atoms with E-state index in [1.165, 1.54) is 11.1 Å². The molecule has 0 radical (unpaired) electrons. The highest BCUT2D eigenvalue weighted by molar-refractivity contribution is 5.96. The molecular formula is C19H20N2O. The van der Waals surface area contributed by atoms with Crippen molar-refractivity contribution in [1.82, 2.24) is 10.2 Å². The van der Waals surface area contributed by atoms with Gasteiger partial charge in [-0.05, 0) is 23.1 Å². The van der Waals surface area contributed by atoms with Gasteiger partial charge in [0.2, 0.25) is 0 Å². The summed E-state index contributed by atoms with van der Waals surface area (Å²) in [6.45, 7) is 3.85. The molecule has 0 aromatic heterocycles. The summed E-state index contributed by atoms with van der Waals surface area (Å²) >= 11 is 0. The normalized spacial score (nSPS) is 24.3. The lowest BCUT2D eigenvalue weighted by Crippen LogP contribution is -2.29. The highest BCUT2D eigenvalue weighted by Gasteiger charge is 2.37. The highest BCUT2D eigenvalue weighted by Crippen LogP contribution is 2.36. The van der Waals surface area contributed by atoms with Crippen LogP contribution in [0.15, 0.2) is 54.6 Å². The lowest BCUT2D eigenvalue weighted by Gasteiger charge is -2.17. The Bertz CT molecular complexity index is 683. The predicted molar refractivity (Wildman–Crippen MR) is 86.7 cm³/mol. The van der Waals surface area contributed by atoms with Crippen molar-refractivity contribution in [1.29, 1.82) is 0 Å². The van der Waals surface area contributed by atoms with E-state index in [4.69, 9.17) is 0 Å². The standard InChI is InChI=1S/C19H20N2O/c22-19-17-9-5-4-8-16(17)18-13-21(12-15(18)10-20-19)11-14-6-2-1-3-7-14/h1-9,15,18H,10-13H2,(H,20,22)/t15-,18?/m0/s1. The summed E-state index contributed by atoms with van der Waals surface area (Å²) in [6.07, 6.45) is 0. The number of nitrogens with one attached hydrogen (secondary N) is 1. The molecular weight excluding hydrogens is 272 g/mol. The van der Waals surface area contributed by atoms with Crippen molar-refractivity contribution < 1.29 is 4.79 Å². The van der Waals surface area contributed by atoms with E-state index >= 15 is 0 Å². The number of carbonyl (C=O) groups excluding carboxylic acids is 1. The van der Waals surface area contributed by atoms with Gasteiger partial charge in [0.25, 0.3) is 5.91 Å². The first kappa shape index (κ1) is 13.5. The van der Waals surface area contributed by atoms with Gasteiger partial charge in [-0.2, -0.15) is 0 Å². The van der Waals surface area contributed by atoms with E-state index in [1.54, 1.807) is 0 Å². The van der Waals surface area contributed by atoms with Crippen LogP contribution < -0.4 is 5.32 Å². The maximum absolute atomic E-state index is 12.2. The van der Waals surface area contributed by atoms with Crippen molar-refractivity contribution in [2.75, 3.05) is 19.6 Å². The molecule has 1 saturated heterocycles. The molecule has 2 heterocycles. The molecule has 2 atom stereocenters. The Hall–Kier alpha value is -2.13. The molecule has 4 rings (SSSR count). The second-order valence-corrected chi connectivity index (χ2v) is 6.34. The first-order chi connectivity index (χ1) is 10.8. The summed E-state index contributed by atoms with van der Waals surface area (Å²) in [4.78, 5) is 14.7. The molecule has 0 saturated carbocycles. The first-order valence-electron chi connectivity index (χ1n) is 7.94. The molecule has 0 aliphatic carbocycles. The maximum Gasteiger partial charge on any atom is 0.251 e. The Balaban J connectivity index is 1.58. The van der Waals surface area contributed by atoms with Crippen LogP contribution in [0.1, 0.15) is 27.4 Å². The lowest BCUT2D eigenvalue weighted by molar-refractivity contribution is 0.0951. The molecule has 1 unspecified atom stereocenters. The Morgan fingerprint density at radius 3 is 2.64 bits per heavy atom. The van der Waals surface area contributed by atoms with Crippen molar-refractivity contribution in [3.05, 3.63) is 71.3 Å². The molecule has 2 aromatic rings. The minimum atomic E-state index is 0.0830. The third-order valence-corrected chi connectivity index (χ3v) is 4.90. The fraction of sp³-hybridized carbons (Fsp3) is 0.316. The number of nitrogens with zero attached hydrogens (tertiary/aromatic N) is 1. The van der Waals surface area contributed by atoms with E-state index in [9.17, 15) is 4.79 Å². The molecule has 3 heteroatoms. The average Bonchev–Trinajstić information content (AvgIpc) is 2.91. The molecule has 112 valence electrons. The monoisotopic (exact) mass is 292 g/mol. The third-order valence-electron chi connectivity index (χ3n) is 4.90. The fourth-order valence-corrected chi connectivity index (χ4v) is 3.84. The Kier molecular flexibility index (Phi) is 3.43. The summed E-state index contributed by atoms with van der Waals surface area (Å²) in [5, 5.41) is 3.09. The van der Waals surface area contributed by atoms with Crippen LogP contribution in [0.25, 0.3) is 0 Å². The molecule has 0 spiro atoms. The zero-order chi connectivity index (χ0) is 14.9. The molecule has 2 aromatic carbocycles. The summed E-state index contributed by atoms with van der Waals surface area (Å²) < 4.78 is 0. The molecule has 1 amide bonds. The fourth-order valence-electron chi connectivity index (χ4n) is 3.84. The second-order valence-electron chi connectivity index (χ2n) is 6.34. The number of benzene rings is 2. The van der Waals surface area contributed by atoms with Crippen LogP contribution in [-0.2, 0) is 6.54 Å². The molecule has 1 N–H and O–H groups in total. The van der Waals surface area contributed by atoms with Crippen molar-refractivity contribution in [3.63, 3.8) is 0 Å². The molecule has 22 heavy (non-hydrogen) atoms. The van der Waals surface area contributed by atoms with Crippen molar-refractivity contribution >= 4 is 5.91 Å². The van der Waals surface area contributed by atoms with Crippen LogP contribution in [-0.4, -0.2) is 30.4 Å². The zero-order valence-electron chi connectivity index (χ0n) is 12.5. The number of amides is 1. The molecule has 0 bridgehead atoms. The van der Waals surface area contributed by atoms with Gasteiger partial charge in [0, 0.05) is 37.7 Å². The molecule has 2 aliphatic rings. The van der Waals surface area contributed by atoms with Gasteiger partial charge in [0.05, 0.1) is 0 Å². The number of hydrogen-bond donors (Lipinski definition) is 1. The highest BCUT2D eigenvalue weighted by atomic mass is 16.1. The Morgan fingerprint density at radius 2 is 1.77 bits per heavy atom. The van der Waals surface area contributed by atoms with Crippen LogP contribution in [0.4, 0.5) is 0 Å². The van der Waals surface area contributed by atoms with Gasteiger partial charge in [0.15, 0.2) is 0 Å². The maximum atomic E-state index is 12.2. The van der Waals surface area contributed by atoms with Crippen molar-refractivity contribution in [2.45, 2.75) is 12.5 Å². The van der Waals surface area contributed by atoms with Crippen LogP contribution in [0.3, 0.4) is 0 Å². The third kappa shape index (κ3) is 2.42. The average molecular weight is 292 g/mol. The summed E-state index contributed by atoms with van der Waals surface area (Å²) in [5.74, 6) is 1.05. The van der Waals surface area contributed by atoms with Gasteiger partial charge >= 0.3 is 0 Å². The van der Waals surface area contributed by atoms with Gasteiger partial charge in [-0.1, -0.05) is 48.5 Å². The topological polar surface area (TPSA) is 32.3 Å². The quantitative estimate of drug-likeness (QED) is 0.923. The number of likely N-dealkylation sites (tertiary alicyclic amines) is 1. The minimum Gasteiger partial charge on any atom is -0.352 e. The Labute approximate surface area is 131 Å². The van der Waals surface area contributed by atoms with Crippen LogP contribution in [0.5, 0.6) is 0 Å². The van der Waals surface area contributed by atoms with E-state index in [-0.39, 0.29) is 5.91 Å². The molecule has 2 aliphatic heterocycles. The van der Waals surface area contributed by atoms with E-state index < -0.39 is 0 Å². The van der Waals surface area contributed by atoms with Gasteiger partial charge in [-0.25, -0.2) is 0 Å². The van der Waals surface area contributed by atoms with E-state index in [0.29, 0.717) is 11.8 Å². The van der Waals surface area contributed by atoms with Gasteiger partial charge < -0.3 is 5.32 Å². The second kappa shape index (κ2) is 5.58. The summed E-state index contributed by atoms with van der Waals surface area (Å²) in [5.41, 5.74) is 3.44. The SMILES string of the molecule is O=C1NC[C@H]2CN(Cc3ccccc3)CC2c2ccccc21. The van der Waals surface area contributed by atoms with Gasteiger partial charge in [-0.15, -0.1) is 0 Å². The zero-order valence-corrected chi connectivity index (χ0v) is 12.5. The van der Waals surface area contributed by atoms with Gasteiger partial charge in [-0.3, -0.25) is 9.69 Å². The van der Waals surface area contributed by atoms with Crippen LogP contribution in [0.2, 0.25) is 0 Å². The smallest absolute Gasteiger partial charge is 0.251 e. The van der Waals surface area contributed by atoms with Crippen LogP contribution in [0, 0.1) is 5.92 Å². The van der Waals surface area contributed by atoms with E-state index in [1.807, 2.05) is 18.2 Å². The van der Waals surface area contributed by atoms with E-state index in [0.717, 1.165) is 31.7 Å². The molecule has 3 nitrogen and oxygen atoms in total. The van der Waals surface area contributed by atoms with E-state index in [2.05, 4.69) is 46.6 Å². The predicted octanol–water partition coefficient (Wildman–Crippen LogP) is 2.65. The van der Waals surface area contributed by atoms with Crippen molar-refractivity contribution in [3.8, 4) is 0 Å². The first-order valence-corrected chi connectivity index (χ1v) is 7.94. The van der Waals surface area contributed by atoms with Gasteiger partial charge in [0.1, 0.15) is 0 Å². The van der Waals surface area contributed by atoms with Crippen molar-refractivity contribution in [2.24, 2.45) is 5.92 Å². The van der Waals surface area contributed by atoms with Crippen LogP contribution >= 0.6 is 0 Å². The lowest BCUT2D eigenvalue weighted by atomic mass is 9.87. The molecule has 1 fully saturated rings. The summed E-state index contributed by atoms with van der Waals surface area (Å²) in [6, 6.07) is 18.7. The number of rotatable bonds is 2. The summed E-state index contributed by atoms with van der Waals surface area (Å²) in [7, 11) is 0. The number of hydrogen-bond acceptors (Lipinski definition) is 2. The number of carbonyl (C=O) groups is 1. The largest absolute Gasteiger partial charge is 0.352 e. The minimum absolute atomic E-state index is 0.0830. The number of fused-ring (bicyclic) bond motifs is 3.